The van der Waals surface area contributed by atoms with Crippen molar-refractivity contribution in [2.75, 3.05) is 0 Å². The fourth-order valence-electron chi connectivity index (χ4n) is 1.18. The fraction of sp³-hybridized carbons (Fsp3) is 0.222. The van der Waals surface area contributed by atoms with Crippen LogP contribution in [-0.2, 0) is 0 Å². The number of pyridine rings is 1. The van der Waals surface area contributed by atoms with Crippen LogP contribution in [0.1, 0.15) is 11.5 Å². The Morgan fingerprint density at radius 3 is 2.83 bits per heavy atom. The van der Waals surface area contributed by atoms with Gasteiger partial charge in [0.15, 0.2) is 0 Å². The van der Waals surface area contributed by atoms with Gasteiger partial charge in [0.2, 0.25) is 0 Å². The van der Waals surface area contributed by atoms with Gasteiger partial charge in [-0.15, -0.1) is 0 Å². The van der Waals surface area contributed by atoms with E-state index in [1.807, 2.05) is 26.1 Å². The van der Waals surface area contributed by atoms with Crippen molar-refractivity contribution in [2.24, 2.45) is 0 Å². The second-order valence-corrected chi connectivity index (χ2v) is 2.75. The molecule has 0 amide bonds. The number of fused-ring (bicyclic) bond motifs is 1. The maximum absolute atomic E-state index is 4.29. The lowest BCUT2D eigenvalue weighted by Gasteiger charge is -1.99. The molecule has 12 heavy (non-hydrogen) atoms. The van der Waals surface area contributed by atoms with Crippen molar-refractivity contribution < 1.29 is 0 Å². The zero-order valence-electron chi connectivity index (χ0n) is 7.07. The van der Waals surface area contributed by atoms with E-state index < -0.39 is 0 Å². The summed E-state index contributed by atoms with van der Waals surface area (Å²) < 4.78 is 0. The Hall–Kier alpha value is -1.51. The van der Waals surface area contributed by atoms with Crippen molar-refractivity contribution in [3.8, 4) is 0 Å². The Balaban J connectivity index is 2.86. The van der Waals surface area contributed by atoms with Gasteiger partial charge in [-0.05, 0) is 19.9 Å². The lowest BCUT2D eigenvalue weighted by Crippen LogP contribution is -1.90. The van der Waals surface area contributed by atoms with Gasteiger partial charge in [0.05, 0.1) is 5.52 Å². The number of hydrogen-bond acceptors (Lipinski definition) is 3. The predicted octanol–water partition coefficient (Wildman–Crippen LogP) is 1.64. The molecule has 0 saturated heterocycles. The number of rotatable bonds is 0. The largest absolute Gasteiger partial charge is 0.261 e. The SMILES string of the molecule is Cc1ncc2c(C)nccc2n1. The van der Waals surface area contributed by atoms with E-state index in [-0.39, 0.29) is 0 Å². The molecule has 0 saturated carbocycles. The van der Waals surface area contributed by atoms with Gasteiger partial charge in [-0.2, -0.15) is 0 Å². The summed E-state index contributed by atoms with van der Waals surface area (Å²) in [6, 6.07) is 1.90. The molecule has 60 valence electrons. The van der Waals surface area contributed by atoms with E-state index in [0.717, 1.165) is 22.4 Å². The van der Waals surface area contributed by atoms with Gasteiger partial charge in [0.25, 0.3) is 0 Å². The summed E-state index contributed by atoms with van der Waals surface area (Å²) in [6.45, 7) is 3.84. The molecule has 0 atom stereocenters. The van der Waals surface area contributed by atoms with Crippen molar-refractivity contribution in [1.29, 1.82) is 0 Å². The van der Waals surface area contributed by atoms with Crippen LogP contribution in [0.25, 0.3) is 10.9 Å². The Morgan fingerprint density at radius 1 is 1.17 bits per heavy atom. The van der Waals surface area contributed by atoms with E-state index in [1.54, 1.807) is 6.20 Å². The molecule has 0 aliphatic carbocycles. The lowest BCUT2D eigenvalue weighted by atomic mass is 10.2. The molecule has 3 heteroatoms. The van der Waals surface area contributed by atoms with Crippen LogP contribution in [0.5, 0.6) is 0 Å². The van der Waals surface area contributed by atoms with Crippen LogP contribution in [0, 0.1) is 13.8 Å². The molecule has 2 heterocycles. The van der Waals surface area contributed by atoms with E-state index in [2.05, 4.69) is 15.0 Å². The minimum atomic E-state index is 0.799. The first-order chi connectivity index (χ1) is 5.77. The maximum atomic E-state index is 4.29. The summed E-state index contributed by atoms with van der Waals surface area (Å²) in [6.07, 6.45) is 3.59. The molecular weight excluding hydrogens is 150 g/mol. The average molecular weight is 159 g/mol. The molecule has 0 fully saturated rings. The molecule has 0 aliphatic rings. The zero-order chi connectivity index (χ0) is 8.55. The average Bonchev–Trinajstić information content (AvgIpc) is 2.04. The van der Waals surface area contributed by atoms with Crippen LogP contribution in [0.2, 0.25) is 0 Å². The van der Waals surface area contributed by atoms with Gasteiger partial charge in [0.1, 0.15) is 5.82 Å². The molecule has 2 aromatic rings. The zero-order valence-corrected chi connectivity index (χ0v) is 7.07. The summed E-state index contributed by atoms with van der Waals surface area (Å²) in [4.78, 5) is 12.6. The molecule has 2 aromatic heterocycles. The molecule has 0 bridgehead atoms. The van der Waals surface area contributed by atoms with Crippen LogP contribution in [-0.4, -0.2) is 15.0 Å². The van der Waals surface area contributed by atoms with E-state index in [4.69, 9.17) is 0 Å². The summed E-state index contributed by atoms with van der Waals surface area (Å²) in [7, 11) is 0. The Bertz CT molecular complexity index is 423. The quantitative estimate of drug-likeness (QED) is 0.586. The third-order valence-electron chi connectivity index (χ3n) is 1.83. The van der Waals surface area contributed by atoms with Gasteiger partial charge in [-0.1, -0.05) is 0 Å². The molecule has 2 rings (SSSR count). The third-order valence-corrected chi connectivity index (χ3v) is 1.83. The van der Waals surface area contributed by atoms with Crippen molar-refractivity contribution in [3.05, 3.63) is 30.0 Å². The van der Waals surface area contributed by atoms with E-state index in [1.165, 1.54) is 0 Å². The van der Waals surface area contributed by atoms with Gasteiger partial charge >= 0.3 is 0 Å². The highest BCUT2D eigenvalue weighted by atomic mass is 14.9. The van der Waals surface area contributed by atoms with Crippen molar-refractivity contribution in [2.45, 2.75) is 13.8 Å². The summed E-state index contributed by atoms with van der Waals surface area (Å²) in [5.41, 5.74) is 1.95. The number of aryl methyl sites for hydroxylation is 2. The summed E-state index contributed by atoms with van der Waals surface area (Å²) in [5.74, 6) is 0.799. The van der Waals surface area contributed by atoms with Crippen molar-refractivity contribution in [1.82, 2.24) is 15.0 Å². The van der Waals surface area contributed by atoms with E-state index in [9.17, 15) is 0 Å². The number of aromatic nitrogens is 3. The molecule has 0 spiro atoms. The van der Waals surface area contributed by atoms with Crippen LogP contribution >= 0.6 is 0 Å². The second-order valence-electron chi connectivity index (χ2n) is 2.75. The predicted molar refractivity (Wildman–Crippen MR) is 46.8 cm³/mol. The fourth-order valence-corrected chi connectivity index (χ4v) is 1.18. The van der Waals surface area contributed by atoms with Gasteiger partial charge in [0, 0.05) is 23.5 Å². The normalized spacial score (nSPS) is 10.5. The summed E-state index contributed by atoms with van der Waals surface area (Å²) >= 11 is 0. The topological polar surface area (TPSA) is 38.7 Å². The third kappa shape index (κ3) is 1.03. The Kier molecular flexibility index (Phi) is 1.50. The monoisotopic (exact) mass is 159 g/mol. The second kappa shape index (κ2) is 2.52. The van der Waals surface area contributed by atoms with Crippen LogP contribution < -0.4 is 0 Å². The standard InChI is InChI=1S/C9H9N3/c1-6-8-5-11-7(2)12-9(8)3-4-10-6/h3-5H,1-2H3. The molecule has 0 N–H and O–H groups in total. The highest BCUT2D eigenvalue weighted by Gasteiger charge is 1.98. The molecule has 0 radical (unpaired) electrons. The van der Waals surface area contributed by atoms with Crippen molar-refractivity contribution >= 4 is 10.9 Å². The first-order valence-electron chi connectivity index (χ1n) is 3.82. The smallest absolute Gasteiger partial charge is 0.125 e. The number of hydrogen-bond donors (Lipinski definition) is 0. The molecular formula is C9H9N3. The van der Waals surface area contributed by atoms with Crippen molar-refractivity contribution in [3.63, 3.8) is 0 Å². The molecule has 3 nitrogen and oxygen atoms in total. The van der Waals surface area contributed by atoms with Gasteiger partial charge < -0.3 is 0 Å². The lowest BCUT2D eigenvalue weighted by molar-refractivity contribution is 1.08. The Labute approximate surface area is 70.5 Å². The van der Waals surface area contributed by atoms with Crippen LogP contribution in [0.15, 0.2) is 18.5 Å². The van der Waals surface area contributed by atoms with Gasteiger partial charge in [-0.3, -0.25) is 4.98 Å². The maximum Gasteiger partial charge on any atom is 0.125 e. The highest BCUT2D eigenvalue weighted by Crippen LogP contribution is 2.11. The highest BCUT2D eigenvalue weighted by molar-refractivity contribution is 5.79. The van der Waals surface area contributed by atoms with E-state index in [0.29, 0.717) is 0 Å². The minimum Gasteiger partial charge on any atom is -0.261 e. The van der Waals surface area contributed by atoms with E-state index >= 15 is 0 Å². The Morgan fingerprint density at radius 2 is 2.00 bits per heavy atom. The van der Waals surface area contributed by atoms with Crippen LogP contribution in [0.3, 0.4) is 0 Å². The first-order valence-corrected chi connectivity index (χ1v) is 3.82. The van der Waals surface area contributed by atoms with Crippen LogP contribution in [0.4, 0.5) is 0 Å². The molecule has 0 aromatic carbocycles. The van der Waals surface area contributed by atoms with Gasteiger partial charge in [-0.25, -0.2) is 9.97 Å². The molecule has 0 unspecified atom stereocenters. The summed E-state index contributed by atoms with van der Waals surface area (Å²) in [5, 5.41) is 1.03. The minimum absolute atomic E-state index is 0.799. The molecule has 0 aliphatic heterocycles. The first kappa shape index (κ1) is 7.16. The number of nitrogens with zero attached hydrogens (tertiary/aromatic N) is 3.